The normalized spacial score (nSPS) is 21.7. The second kappa shape index (κ2) is 8.77. The minimum absolute atomic E-state index is 0.214. The van der Waals surface area contributed by atoms with Gasteiger partial charge in [0.2, 0.25) is 0 Å². The highest BCUT2D eigenvalue weighted by Gasteiger charge is 2.40. The van der Waals surface area contributed by atoms with Crippen LogP contribution < -0.4 is 26.3 Å². The molecule has 2 heterocycles. The molecular weight excluding hydrogens is 390 g/mol. The van der Waals surface area contributed by atoms with Gasteiger partial charge in [-0.3, -0.25) is 10.6 Å². The zero-order valence-electron chi connectivity index (χ0n) is 18.6. The molecule has 0 radical (unpaired) electrons. The average molecular weight is 424 g/mol. The fourth-order valence-corrected chi connectivity index (χ4v) is 4.55. The van der Waals surface area contributed by atoms with Crippen LogP contribution in [-0.4, -0.2) is 43.3 Å². The molecule has 5 N–H and O–H groups in total. The Bertz CT molecular complexity index is 968. The minimum atomic E-state index is -0.860. The quantitative estimate of drug-likeness (QED) is 0.661. The zero-order chi connectivity index (χ0) is 22.0. The third-order valence-electron chi connectivity index (χ3n) is 6.24. The molecule has 0 aromatic heterocycles. The minimum Gasteiger partial charge on any atom is -0.493 e. The van der Waals surface area contributed by atoms with Crippen molar-refractivity contribution >= 4 is 11.5 Å². The predicted octanol–water partition coefficient (Wildman–Crippen LogP) is 3.06. The second-order valence-electron chi connectivity index (χ2n) is 8.47. The van der Waals surface area contributed by atoms with E-state index >= 15 is 0 Å². The summed E-state index contributed by atoms with van der Waals surface area (Å²) >= 11 is 0. The van der Waals surface area contributed by atoms with Crippen molar-refractivity contribution in [3.05, 3.63) is 53.1 Å². The second-order valence-corrected chi connectivity index (χ2v) is 8.47. The van der Waals surface area contributed by atoms with E-state index in [2.05, 4.69) is 34.5 Å². The number of benzene rings is 2. The molecule has 2 aromatic rings. The number of rotatable bonds is 6. The van der Waals surface area contributed by atoms with Crippen molar-refractivity contribution in [2.75, 3.05) is 32.1 Å². The summed E-state index contributed by atoms with van der Waals surface area (Å²) in [6.07, 6.45) is 1.91. The van der Waals surface area contributed by atoms with Crippen molar-refractivity contribution in [1.82, 2.24) is 4.90 Å². The van der Waals surface area contributed by atoms with Gasteiger partial charge in [-0.15, -0.1) is 0 Å². The zero-order valence-corrected chi connectivity index (χ0v) is 18.6. The van der Waals surface area contributed by atoms with Crippen molar-refractivity contribution in [2.45, 2.75) is 39.0 Å². The maximum absolute atomic E-state index is 6.73. The van der Waals surface area contributed by atoms with Crippen LogP contribution in [0, 0.1) is 12.8 Å². The van der Waals surface area contributed by atoms with E-state index < -0.39 is 5.79 Å². The van der Waals surface area contributed by atoms with E-state index in [1.54, 1.807) is 7.11 Å². The van der Waals surface area contributed by atoms with Gasteiger partial charge in [-0.05, 0) is 69.6 Å². The maximum Gasteiger partial charge on any atom is 0.187 e. The lowest BCUT2D eigenvalue weighted by Crippen LogP contribution is -2.58. The summed E-state index contributed by atoms with van der Waals surface area (Å²) in [4.78, 5) is 7.14. The van der Waals surface area contributed by atoms with Gasteiger partial charge in [-0.2, -0.15) is 0 Å². The predicted molar refractivity (Wildman–Crippen MR) is 125 cm³/mol. The molecule has 0 saturated carbocycles. The van der Waals surface area contributed by atoms with Crippen molar-refractivity contribution in [1.29, 1.82) is 0 Å². The molecular formula is C24H33N5O2. The number of aliphatic imine (C=N–C) groups is 1. The Labute approximate surface area is 184 Å². The topological polar surface area (TPSA) is 98.1 Å². The Morgan fingerprint density at radius 1 is 1.16 bits per heavy atom. The van der Waals surface area contributed by atoms with Gasteiger partial charge in [0.15, 0.2) is 17.3 Å². The van der Waals surface area contributed by atoms with Gasteiger partial charge in [-0.1, -0.05) is 17.7 Å². The van der Waals surface area contributed by atoms with E-state index in [4.69, 9.17) is 25.9 Å². The van der Waals surface area contributed by atoms with Gasteiger partial charge in [0.1, 0.15) is 5.84 Å². The number of aryl methyl sites for hydroxylation is 1. The summed E-state index contributed by atoms with van der Waals surface area (Å²) in [6.45, 7) is 7.43. The Kier molecular flexibility index (Phi) is 6.07. The van der Waals surface area contributed by atoms with Crippen LogP contribution in [0.3, 0.4) is 0 Å². The van der Waals surface area contributed by atoms with E-state index in [0.717, 1.165) is 60.8 Å². The summed E-state index contributed by atoms with van der Waals surface area (Å²) in [5, 5.41) is 3.46. The van der Waals surface area contributed by atoms with Crippen LogP contribution in [0.4, 0.5) is 5.69 Å². The molecule has 7 nitrogen and oxygen atoms in total. The van der Waals surface area contributed by atoms with E-state index in [-0.39, 0.29) is 5.92 Å². The molecule has 2 aliphatic rings. The smallest absolute Gasteiger partial charge is 0.187 e. The van der Waals surface area contributed by atoms with Crippen molar-refractivity contribution < 1.29 is 9.47 Å². The standard InChI is InChI=1S/C24H33N5O2/c1-4-31-22-14-17(6-8-21(22)30-3)15-29-11-9-18(10-12-29)24(26)27-20-7-5-16(2)13-19(20)23(25)28-24/h5-8,13-14,18,27H,4,9-12,15,26H2,1-3H3,(H2,25,28). The molecule has 1 atom stereocenters. The monoisotopic (exact) mass is 423 g/mol. The number of nitrogens with one attached hydrogen (secondary N) is 1. The molecule has 1 saturated heterocycles. The Morgan fingerprint density at radius 2 is 1.94 bits per heavy atom. The van der Waals surface area contributed by atoms with E-state index in [9.17, 15) is 0 Å². The molecule has 0 spiro atoms. The highest BCUT2D eigenvalue weighted by molar-refractivity contribution is 6.04. The molecule has 0 aliphatic carbocycles. The number of piperidine rings is 1. The summed E-state index contributed by atoms with van der Waals surface area (Å²) in [7, 11) is 1.67. The van der Waals surface area contributed by atoms with Gasteiger partial charge >= 0.3 is 0 Å². The largest absolute Gasteiger partial charge is 0.493 e. The molecule has 4 rings (SSSR count). The van der Waals surface area contributed by atoms with Gasteiger partial charge in [0, 0.05) is 23.7 Å². The third kappa shape index (κ3) is 4.48. The van der Waals surface area contributed by atoms with Crippen LogP contribution >= 0.6 is 0 Å². The van der Waals surface area contributed by atoms with Crippen LogP contribution in [0.2, 0.25) is 0 Å². The third-order valence-corrected chi connectivity index (χ3v) is 6.24. The first-order chi connectivity index (χ1) is 14.9. The van der Waals surface area contributed by atoms with E-state index in [1.165, 1.54) is 5.56 Å². The van der Waals surface area contributed by atoms with Crippen LogP contribution in [0.1, 0.15) is 36.5 Å². The lowest BCUT2D eigenvalue weighted by atomic mass is 9.88. The summed E-state index contributed by atoms with van der Waals surface area (Å²) in [6, 6.07) is 12.3. The number of anilines is 1. The summed E-state index contributed by atoms with van der Waals surface area (Å²) in [5.74, 6) is 1.43. The fourth-order valence-electron chi connectivity index (χ4n) is 4.55. The molecule has 2 aromatic carbocycles. The van der Waals surface area contributed by atoms with Gasteiger partial charge in [-0.25, -0.2) is 4.99 Å². The van der Waals surface area contributed by atoms with Crippen molar-refractivity contribution in [2.24, 2.45) is 22.4 Å². The number of nitrogens with zero attached hydrogens (tertiary/aromatic N) is 2. The van der Waals surface area contributed by atoms with Crippen LogP contribution in [0.15, 0.2) is 41.4 Å². The van der Waals surface area contributed by atoms with Crippen LogP contribution in [-0.2, 0) is 6.54 Å². The molecule has 1 unspecified atom stereocenters. The maximum atomic E-state index is 6.73. The number of ether oxygens (including phenoxy) is 2. The summed E-state index contributed by atoms with van der Waals surface area (Å²) < 4.78 is 11.1. The van der Waals surface area contributed by atoms with E-state index in [1.807, 2.05) is 26.0 Å². The molecule has 1 fully saturated rings. The van der Waals surface area contributed by atoms with Crippen molar-refractivity contribution in [3.63, 3.8) is 0 Å². The molecule has 2 aliphatic heterocycles. The number of hydrogen-bond donors (Lipinski definition) is 3. The highest BCUT2D eigenvalue weighted by atomic mass is 16.5. The number of methoxy groups -OCH3 is 1. The number of fused-ring (bicyclic) bond motifs is 1. The molecule has 0 amide bonds. The number of likely N-dealkylation sites (tertiary alicyclic amines) is 1. The molecule has 31 heavy (non-hydrogen) atoms. The van der Waals surface area contributed by atoms with Crippen molar-refractivity contribution in [3.8, 4) is 11.5 Å². The number of hydrogen-bond acceptors (Lipinski definition) is 7. The van der Waals surface area contributed by atoms with Gasteiger partial charge < -0.3 is 20.5 Å². The van der Waals surface area contributed by atoms with Crippen LogP contribution in [0.5, 0.6) is 11.5 Å². The SMILES string of the molecule is CCOc1cc(CN2CCC(C3(N)N=C(N)c4cc(C)ccc4N3)CC2)ccc1OC. The highest BCUT2D eigenvalue weighted by Crippen LogP contribution is 2.35. The first-order valence-corrected chi connectivity index (χ1v) is 11.0. The Balaban J connectivity index is 1.41. The Morgan fingerprint density at radius 3 is 2.65 bits per heavy atom. The Hall–Kier alpha value is -2.77. The number of nitrogens with two attached hydrogens (primary N) is 2. The summed E-state index contributed by atoms with van der Waals surface area (Å²) in [5.41, 5.74) is 17.3. The lowest BCUT2D eigenvalue weighted by Gasteiger charge is -2.43. The lowest BCUT2D eigenvalue weighted by molar-refractivity contribution is 0.137. The van der Waals surface area contributed by atoms with Crippen LogP contribution in [0.25, 0.3) is 0 Å². The number of amidine groups is 1. The average Bonchev–Trinajstić information content (AvgIpc) is 2.75. The first-order valence-electron chi connectivity index (χ1n) is 11.0. The molecule has 7 heteroatoms. The van der Waals surface area contributed by atoms with Gasteiger partial charge in [0.05, 0.1) is 13.7 Å². The van der Waals surface area contributed by atoms with E-state index in [0.29, 0.717) is 12.4 Å². The molecule has 166 valence electrons. The van der Waals surface area contributed by atoms with Gasteiger partial charge in [0.25, 0.3) is 0 Å². The molecule has 0 bridgehead atoms. The fraction of sp³-hybridized carbons (Fsp3) is 0.458. The first kappa shape index (κ1) is 21.5.